The van der Waals surface area contributed by atoms with Crippen LogP contribution in [-0.2, 0) is 0 Å². The van der Waals surface area contributed by atoms with Crippen LogP contribution >= 0.6 is 0 Å². The van der Waals surface area contributed by atoms with Gasteiger partial charge in [-0.25, -0.2) is 0 Å². The van der Waals surface area contributed by atoms with E-state index >= 15 is 0 Å². The van der Waals surface area contributed by atoms with Crippen molar-refractivity contribution in [1.29, 1.82) is 0 Å². The fourth-order valence-electron chi connectivity index (χ4n) is 2.58. The summed E-state index contributed by atoms with van der Waals surface area (Å²) in [7, 11) is 0. The van der Waals surface area contributed by atoms with Gasteiger partial charge in [0.05, 0.1) is 12.2 Å². The number of hydrogen-bond donors (Lipinski definition) is 2. The third-order valence-electron chi connectivity index (χ3n) is 4.18. The number of rotatable bonds is 4. The number of benzene rings is 1. The summed E-state index contributed by atoms with van der Waals surface area (Å²) in [6.45, 7) is 6.76. The predicted molar refractivity (Wildman–Crippen MR) is 77.0 cm³/mol. The van der Waals surface area contributed by atoms with Gasteiger partial charge in [0.25, 0.3) is 0 Å². The van der Waals surface area contributed by atoms with Crippen molar-refractivity contribution in [2.75, 3.05) is 19.6 Å². The summed E-state index contributed by atoms with van der Waals surface area (Å²) in [6, 6.07) is 8.05. The van der Waals surface area contributed by atoms with E-state index in [1.807, 2.05) is 31.2 Å². The van der Waals surface area contributed by atoms with Gasteiger partial charge in [-0.15, -0.1) is 0 Å². The first-order chi connectivity index (χ1) is 9.06. The second-order valence-corrected chi connectivity index (χ2v) is 5.85. The van der Waals surface area contributed by atoms with Gasteiger partial charge in [0, 0.05) is 13.1 Å². The minimum atomic E-state index is -0.405. The molecule has 0 saturated carbocycles. The summed E-state index contributed by atoms with van der Waals surface area (Å²) < 4.78 is 0. The summed E-state index contributed by atoms with van der Waals surface area (Å²) in [5, 5.41) is 20.0. The highest BCUT2D eigenvalue weighted by atomic mass is 16.3. The van der Waals surface area contributed by atoms with Gasteiger partial charge in [-0.1, -0.05) is 36.8 Å². The van der Waals surface area contributed by atoms with E-state index in [2.05, 4.69) is 11.8 Å². The van der Waals surface area contributed by atoms with E-state index in [9.17, 15) is 10.2 Å². The zero-order chi connectivity index (χ0) is 13.8. The predicted octanol–water partition coefficient (Wildman–Crippen LogP) is 2.12. The van der Waals surface area contributed by atoms with Crippen LogP contribution in [0.4, 0.5) is 0 Å². The summed E-state index contributed by atoms with van der Waals surface area (Å²) in [6.07, 6.45) is 1.15. The number of nitrogens with zero attached hydrogens (tertiary/aromatic N) is 1. The Morgan fingerprint density at radius 2 is 2.00 bits per heavy atom. The maximum absolute atomic E-state index is 10.2. The van der Waals surface area contributed by atoms with Crippen molar-refractivity contribution in [2.24, 2.45) is 5.92 Å². The molecule has 1 aliphatic heterocycles. The fraction of sp³-hybridized carbons (Fsp3) is 0.625. The highest BCUT2D eigenvalue weighted by Crippen LogP contribution is 2.21. The highest BCUT2D eigenvalue weighted by molar-refractivity contribution is 5.23. The Labute approximate surface area is 115 Å². The SMILES string of the molecule is Cc1ccc(C(O)CCN2CCC(C)C(O)C2)cc1. The van der Waals surface area contributed by atoms with Gasteiger partial charge in [0.1, 0.15) is 0 Å². The van der Waals surface area contributed by atoms with Crippen molar-refractivity contribution >= 4 is 0 Å². The van der Waals surface area contributed by atoms with Gasteiger partial charge >= 0.3 is 0 Å². The second kappa shape index (κ2) is 6.51. The zero-order valence-electron chi connectivity index (χ0n) is 11.9. The minimum Gasteiger partial charge on any atom is -0.392 e. The first-order valence-corrected chi connectivity index (χ1v) is 7.21. The zero-order valence-corrected chi connectivity index (χ0v) is 11.9. The van der Waals surface area contributed by atoms with Crippen LogP contribution in [0.1, 0.15) is 37.0 Å². The number of aliphatic hydroxyl groups excluding tert-OH is 2. The first kappa shape index (κ1) is 14.5. The van der Waals surface area contributed by atoms with Gasteiger partial charge in [0.15, 0.2) is 0 Å². The molecule has 106 valence electrons. The van der Waals surface area contributed by atoms with Crippen LogP contribution in [0.15, 0.2) is 24.3 Å². The van der Waals surface area contributed by atoms with E-state index in [1.54, 1.807) is 0 Å². The van der Waals surface area contributed by atoms with Crippen LogP contribution in [0.3, 0.4) is 0 Å². The van der Waals surface area contributed by atoms with Gasteiger partial charge in [-0.2, -0.15) is 0 Å². The molecule has 3 heteroatoms. The van der Waals surface area contributed by atoms with Gasteiger partial charge in [-0.05, 0) is 37.8 Å². The van der Waals surface area contributed by atoms with E-state index in [1.165, 1.54) is 5.56 Å². The Kier molecular flexibility index (Phi) is 4.97. The van der Waals surface area contributed by atoms with Crippen LogP contribution in [0.25, 0.3) is 0 Å². The third kappa shape index (κ3) is 4.03. The molecule has 19 heavy (non-hydrogen) atoms. The topological polar surface area (TPSA) is 43.7 Å². The molecule has 1 saturated heterocycles. The molecule has 0 amide bonds. The normalized spacial score (nSPS) is 26.3. The van der Waals surface area contributed by atoms with Crippen molar-refractivity contribution in [2.45, 2.75) is 38.9 Å². The summed E-state index contributed by atoms with van der Waals surface area (Å²) in [5.41, 5.74) is 2.20. The van der Waals surface area contributed by atoms with Crippen LogP contribution in [0, 0.1) is 12.8 Å². The van der Waals surface area contributed by atoms with Crippen molar-refractivity contribution in [3.8, 4) is 0 Å². The summed E-state index contributed by atoms with van der Waals surface area (Å²) in [5.74, 6) is 0.401. The number of likely N-dealkylation sites (tertiary alicyclic amines) is 1. The smallest absolute Gasteiger partial charge is 0.0802 e. The molecule has 1 fully saturated rings. The van der Waals surface area contributed by atoms with Crippen LogP contribution in [0.2, 0.25) is 0 Å². The molecular weight excluding hydrogens is 238 g/mol. The maximum Gasteiger partial charge on any atom is 0.0802 e. The van der Waals surface area contributed by atoms with Crippen molar-refractivity contribution in [1.82, 2.24) is 4.90 Å². The van der Waals surface area contributed by atoms with E-state index in [4.69, 9.17) is 0 Å². The lowest BCUT2D eigenvalue weighted by molar-refractivity contribution is 0.0226. The minimum absolute atomic E-state index is 0.217. The Bertz CT molecular complexity index is 390. The molecule has 0 aliphatic carbocycles. The fourth-order valence-corrected chi connectivity index (χ4v) is 2.58. The highest BCUT2D eigenvalue weighted by Gasteiger charge is 2.24. The van der Waals surface area contributed by atoms with E-state index in [0.717, 1.165) is 38.0 Å². The van der Waals surface area contributed by atoms with Crippen molar-refractivity contribution < 1.29 is 10.2 Å². The molecule has 1 aromatic carbocycles. The Morgan fingerprint density at radius 1 is 1.32 bits per heavy atom. The molecule has 3 atom stereocenters. The van der Waals surface area contributed by atoms with E-state index in [-0.39, 0.29) is 6.10 Å². The monoisotopic (exact) mass is 263 g/mol. The maximum atomic E-state index is 10.2. The lowest BCUT2D eigenvalue weighted by atomic mass is 9.95. The standard InChI is InChI=1S/C16H25NO2/c1-12-3-5-14(6-4-12)15(18)8-10-17-9-7-13(2)16(19)11-17/h3-6,13,15-16,18-19H,7-11H2,1-2H3. The summed E-state index contributed by atoms with van der Waals surface area (Å²) in [4.78, 5) is 2.25. The van der Waals surface area contributed by atoms with Gasteiger partial charge in [-0.3, -0.25) is 0 Å². The molecule has 2 rings (SSSR count). The van der Waals surface area contributed by atoms with Crippen molar-refractivity contribution in [3.05, 3.63) is 35.4 Å². The molecule has 1 aliphatic rings. The molecule has 3 unspecified atom stereocenters. The van der Waals surface area contributed by atoms with E-state index in [0.29, 0.717) is 5.92 Å². The number of aliphatic hydroxyl groups is 2. The van der Waals surface area contributed by atoms with Crippen molar-refractivity contribution in [3.63, 3.8) is 0 Å². The number of aryl methyl sites for hydroxylation is 1. The lowest BCUT2D eigenvalue weighted by Crippen LogP contribution is -2.43. The summed E-state index contributed by atoms with van der Waals surface area (Å²) >= 11 is 0. The Hall–Kier alpha value is -0.900. The molecular formula is C16H25NO2. The molecule has 0 aromatic heterocycles. The van der Waals surface area contributed by atoms with Crippen LogP contribution in [-0.4, -0.2) is 40.9 Å². The molecule has 0 bridgehead atoms. The Morgan fingerprint density at radius 3 is 2.63 bits per heavy atom. The van der Waals surface area contributed by atoms with Gasteiger partial charge < -0.3 is 15.1 Å². The number of β-amino-alcohol motifs (C(OH)–C–C–N with tert-alkyl or cyclic N) is 1. The molecule has 0 radical (unpaired) electrons. The number of hydrogen-bond acceptors (Lipinski definition) is 3. The molecule has 1 heterocycles. The third-order valence-corrected chi connectivity index (χ3v) is 4.18. The Balaban J connectivity index is 1.80. The first-order valence-electron chi connectivity index (χ1n) is 7.21. The second-order valence-electron chi connectivity index (χ2n) is 5.85. The molecule has 2 N–H and O–H groups in total. The largest absolute Gasteiger partial charge is 0.392 e. The lowest BCUT2D eigenvalue weighted by Gasteiger charge is -2.34. The quantitative estimate of drug-likeness (QED) is 0.874. The van der Waals surface area contributed by atoms with Crippen LogP contribution in [0.5, 0.6) is 0 Å². The van der Waals surface area contributed by atoms with E-state index < -0.39 is 6.10 Å². The molecule has 0 spiro atoms. The van der Waals surface area contributed by atoms with Crippen LogP contribution < -0.4 is 0 Å². The average Bonchev–Trinajstić information content (AvgIpc) is 2.40. The number of piperidine rings is 1. The molecule has 3 nitrogen and oxygen atoms in total. The van der Waals surface area contributed by atoms with Gasteiger partial charge in [0.2, 0.25) is 0 Å². The average molecular weight is 263 g/mol. The molecule has 1 aromatic rings.